The summed E-state index contributed by atoms with van der Waals surface area (Å²) in [5, 5.41) is 8.72. The number of aromatic nitrogens is 1. The predicted octanol–water partition coefficient (Wildman–Crippen LogP) is 1.82. The number of rotatable bonds is 4. The molecule has 0 saturated carbocycles. The number of pyridine rings is 1. The van der Waals surface area contributed by atoms with E-state index < -0.39 is 31.1 Å². The molecule has 0 saturated heterocycles. The summed E-state index contributed by atoms with van der Waals surface area (Å²) >= 11 is 5.53. The monoisotopic (exact) mass is 296 g/mol. The number of carboxylic acids is 1. The summed E-state index contributed by atoms with van der Waals surface area (Å²) in [5.74, 6) is -2.68. The molecule has 0 atom stereocenters. The number of amides is 1. The molecule has 0 spiro atoms. The number of carboxylic acid groups (broad SMARTS) is 1. The highest BCUT2D eigenvalue weighted by Gasteiger charge is 2.34. The van der Waals surface area contributed by atoms with E-state index in [1.165, 1.54) is 6.07 Å². The summed E-state index contributed by atoms with van der Waals surface area (Å²) in [5.41, 5.74) is -0.310. The summed E-state index contributed by atoms with van der Waals surface area (Å²) in [4.78, 5) is 25.9. The number of aliphatic carboxylic acids is 1. The van der Waals surface area contributed by atoms with Gasteiger partial charge in [0.05, 0.1) is 5.02 Å². The van der Waals surface area contributed by atoms with Crippen LogP contribution in [-0.2, 0) is 4.79 Å². The Morgan fingerprint density at radius 3 is 2.42 bits per heavy atom. The van der Waals surface area contributed by atoms with E-state index in [1.807, 2.05) is 0 Å². The molecule has 5 nitrogen and oxygen atoms in total. The first kappa shape index (κ1) is 15.2. The number of carbonyl (C=O) groups excluding carboxylic acids is 1. The van der Waals surface area contributed by atoms with Gasteiger partial charge < -0.3 is 10.0 Å². The molecule has 1 aromatic rings. The van der Waals surface area contributed by atoms with Gasteiger partial charge in [0, 0.05) is 6.20 Å². The first-order valence-corrected chi connectivity index (χ1v) is 5.26. The molecule has 1 aromatic heterocycles. The van der Waals surface area contributed by atoms with E-state index in [2.05, 4.69) is 4.98 Å². The third kappa shape index (κ3) is 5.12. The third-order valence-electron chi connectivity index (χ3n) is 1.93. The molecule has 0 aliphatic carbocycles. The van der Waals surface area contributed by atoms with E-state index in [0.29, 0.717) is 0 Å². The largest absolute Gasteiger partial charge is 0.480 e. The minimum absolute atomic E-state index is 0.151. The highest BCUT2D eigenvalue weighted by molar-refractivity contribution is 6.30. The van der Waals surface area contributed by atoms with E-state index in [9.17, 15) is 22.8 Å². The summed E-state index contributed by atoms with van der Waals surface area (Å²) < 4.78 is 36.8. The van der Waals surface area contributed by atoms with Crippen molar-refractivity contribution in [1.82, 2.24) is 9.88 Å². The Morgan fingerprint density at radius 2 is 2.00 bits per heavy atom. The van der Waals surface area contributed by atoms with E-state index in [0.717, 1.165) is 12.3 Å². The summed E-state index contributed by atoms with van der Waals surface area (Å²) in [6, 6.07) is 2.39. The molecule has 1 amide bonds. The number of hydrogen-bond acceptors (Lipinski definition) is 3. The molecule has 0 unspecified atom stereocenters. The number of nitrogens with zero attached hydrogens (tertiary/aromatic N) is 2. The predicted molar refractivity (Wildman–Crippen MR) is 58.8 cm³/mol. The fourth-order valence-corrected chi connectivity index (χ4v) is 1.36. The van der Waals surface area contributed by atoms with Crippen LogP contribution in [0.2, 0.25) is 5.02 Å². The minimum Gasteiger partial charge on any atom is -0.480 e. The molecule has 19 heavy (non-hydrogen) atoms. The van der Waals surface area contributed by atoms with Crippen LogP contribution in [0.1, 0.15) is 10.5 Å². The lowest BCUT2D eigenvalue weighted by molar-refractivity contribution is -0.149. The van der Waals surface area contributed by atoms with Crippen molar-refractivity contribution in [3.05, 3.63) is 29.0 Å². The standard InChI is InChI=1S/C10H8ClF3N2O3/c11-6-1-2-7(15-3-6)9(19)16(4-8(17)18)5-10(12,13)14/h1-3H,4-5H2,(H,17,18). The molecule has 1 heterocycles. The molecule has 0 aliphatic heterocycles. The Balaban J connectivity index is 2.93. The van der Waals surface area contributed by atoms with Crippen LogP contribution in [0.5, 0.6) is 0 Å². The fraction of sp³-hybridized carbons (Fsp3) is 0.300. The van der Waals surface area contributed by atoms with Gasteiger partial charge in [0.2, 0.25) is 0 Å². The average Bonchev–Trinajstić information content (AvgIpc) is 2.25. The smallest absolute Gasteiger partial charge is 0.406 e. The maximum atomic E-state index is 12.3. The van der Waals surface area contributed by atoms with Crippen molar-refractivity contribution in [2.75, 3.05) is 13.1 Å². The highest BCUT2D eigenvalue weighted by atomic mass is 35.5. The van der Waals surface area contributed by atoms with Crippen molar-refractivity contribution in [3.63, 3.8) is 0 Å². The van der Waals surface area contributed by atoms with Crippen molar-refractivity contribution in [3.8, 4) is 0 Å². The maximum absolute atomic E-state index is 12.3. The first-order valence-electron chi connectivity index (χ1n) is 4.88. The molecule has 0 fully saturated rings. The molecule has 0 aromatic carbocycles. The minimum atomic E-state index is -4.70. The fourth-order valence-electron chi connectivity index (χ4n) is 1.24. The van der Waals surface area contributed by atoms with Gasteiger partial charge in [0.15, 0.2) is 0 Å². The topological polar surface area (TPSA) is 70.5 Å². The molecule has 104 valence electrons. The van der Waals surface area contributed by atoms with Gasteiger partial charge in [-0.15, -0.1) is 0 Å². The molecular formula is C10H8ClF3N2O3. The molecular weight excluding hydrogens is 289 g/mol. The Labute approximate surface area is 110 Å². The lowest BCUT2D eigenvalue weighted by Crippen LogP contribution is -2.42. The van der Waals surface area contributed by atoms with Gasteiger partial charge in [0.25, 0.3) is 5.91 Å². The van der Waals surface area contributed by atoms with Crippen molar-refractivity contribution < 1.29 is 27.9 Å². The van der Waals surface area contributed by atoms with Gasteiger partial charge in [-0.3, -0.25) is 9.59 Å². The second-order valence-electron chi connectivity index (χ2n) is 3.53. The first-order chi connectivity index (χ1) is 8.69. The van der Waals surface area contributed by atoms with Crippen LogP contribution in [0.15, 0.2) is 18.3 Å². The quantitative estimate of drug-likeness (QED) is 0.920. The molecule has 1 rings (SSSR count). The molecule has 0 aliphatic rings. The summed E-state index contributed by atoms with van der Waals surface area (Å²) in [6.07, 6.45) is -3.61. The lowest BCUT2D eigenvalue weighted by Gasteiger charge is -2.21. The van der Waals surface area contributed by atoms with Gasteiger partial charge in [-0.25, -0.2) is 4.98 Å². The number of carbonyl (C=O) groups is 2. The van der Waals surface area contributed by atoms with Crippen molar-refractivity contribution >= 4 is 23.5 Å². The van der Waals surface area contributed by atoms with Crippen LogP contribution in [0.25, 0.3) is 0 Å². The Bertz CT molecular complexity index is 476. The summed E-state index contributed by atoms with van der Waals surface area (Å²) in [6.45, 7) is -2.73. The van der Waals surface area contributed by atoms with Crippen LogP contribution in [-0.4, -0.2) is 46.1 Å². The van der Waals surface area contributed by atoms with Crippen molar-refractivity contribution in [2.45, 2.75) is 6.18 Å². The van der Waals surface area contributed by atoms with Crippen LogP contribution in [0, 0.1) is 0 Å². The average molecular weight is 297 g/mol. The van der Waals surface area contributed by atoms with Gasteiger partial charge in [-0.05, 0) is 12.1 Å². The van der Waals surface area contributed by atoms with Crippen LogP contribution in [0.4, 0.5) is 13.2 Å². The van der Waals surface area contributed by atoms with Crippen LogP contribution >= 0.6 is 11.6 Å². The van der Waals surface area contributed by atoms with Crippen LogP contribution in [0.3, 0.4) is 0 Å². The molecule has 1 N–H and O–H groups in total. The SMILES string of the molecule is O=C(O)CN(CC(F)(F)F)C(=O)c1ccc(Cl)cn1. The number of alkyl halides is 3. The maximum Gasteiger partial charge on any atom is 0.406 e. The number of hydrogen-bond donors (Lipinski definition) is 1. The molecule has 9 heteroatoms. The van der Waals surface area contributed by atoms with Crippen LogP contribution < -0.4 is 0 Å². The Hall–Kier alpha value is -1.83. The van der Waals surface area contributed by atoms with E-state index in [4.69, 9.17) is 16.7 Å². The number of halogens is 4. The zero-order chi connectivity index (χ0) is 14.6. The summed E-state index contributed by atoms with van der Waals surface area (Å²) in [7, 11) is 0. The van der Waals surface area contributed by atoms with Gasteiger partial charge in [-0.1, -0.05) is 11.6 Å². The van der Waals surface area contributed by atoms with Gasteiger partial charge >= 0.3 is 12.1 Å². The zero-order valence-corrected chi connectivity index (χ0v) is 10.1. The lowest BCUT2D eigenvalue weighted by atomic mass is 10.3. The van der Waals surface area contributed by atoms with E-state index >= 15 is 0 Å². The Morgan fingerprint density at radius 1 is 1.37 bits per heavy atom. The van der Waals surface area contributed by atoms with Crippen molar-refractivity contribution in [1.29, 1.82) is 0 Å². The molecule has 0 bridgehead atoms. The van der Waals surface area contributed by atoms with E-state index in [-0.39, 0.29) is 15.6 Å². The third-order valence-corrected chi connectivity index (χ3v) is 2.15. The van der Waals surface area contributed by atoms with Gasteiger partial charge in [0.1, 0.15) is 18.8 Å². The van der Waals surface area contributed by atoms with E-state index in [1.54, 1.807) is 0 Å². The normalized spacial score (nSPS) is 11.2. The Kier molecular flexibility index (Phi) is 4.71. The zero-order valence-electron chi connectivity index (χ0n) is 9.32. The second-order valence-corrected chi connectivity index (χ2v) is 3.97. The highest BCUT2D eigenvalue weighted by Crippen LogP contribution is 2.18. The van der Waals surface area contributed by atoms with Gasteiger partial charge in [-0.2, -0.15) is 13.2 Å². The van der Waals surface area contributed by atoms with Crippen molar-refractivity contribution in [2.24, 2.45) is 0 Å². The second kappa shape index (κ2) is 5.87. The molecule has 0 radical (unpaired) electrons.